The van der Waals surface area contributed by atoms with Gasteiger partial charge in [-0.1, -0.05) is 30.5 Å². The molecule has 0 radical (unpaired) electrons. The molecule has 1 amide bonds. The molecule has 1 heterocycles. The lowest BCUT2D eigenvalue weighted by Crippen LogP contribution is -2.49. The van der Waals surface area contributed by atoms with Crippen LogP contribution >= 0.6 is 35.6 Å². The van der Waals surface area contributed by atoms with Crippen LogP contribution in [0.4, 0.5) is 0 Å². The van der Waals surface area contributed by atoms with E-state index in [0.29, 0.717) is 24.2 Å². The van der Waals surface area contributed by atoms with Gasteiger partial charge in [-0.3, -0.25) is 9.79 Å². The van der Waals surface area contributed by atoms with Gasteiger partial charge in [0.1, 0.15) is 5.15 Å². The minimum absolute atomic E-state index is 0. The first kappa shape index (κ1) is 22.0. The number of aromatic nitrogens is 1. The van der Waals surface area contributed by atoms with Crippen LogP contribution < -0.4 is 10.6 Å². The number of hydrogen-bond acceptors (Lipinski definition) is 3. The standard InChI is InChI=1S/C17H26ClN5O.HI/c1-19-16(21-11-13-6-7-14(18)20-10-13)22-12-17(8-4-5-9-17)15(24)23(2)3;/h6-7,10H,4-5,8-9,11-12H2,1-3H3,(H2,19,21,22);1H. The van der Waals surface area contributed by atoms with Crippen molar-refractivity contribution in [1.29, 1.82) is 0 Å². The van der Waals surface area contributed by atoms with Gasteiger partial charge in [-0.15, -0.1) is 24.0 Å². The molecule has 2 rings (SSSR count). The van der Waals surface area contributed by atoms with Crippen molar-refractivity contribution in [3.8, 4) is 0 Å². The second-order valence-electron chi connectivity index (χ2n) is 6.46. The molecule has 0 spiro atoms. The summed E-state index contributed by atoms with van der Waals surface area (Å²) in [7, 11) is 5.37. The van der Waals surface area contributed by atoms with E-state index < -0.39 is 0 Å². The normalized spacial score (nSPS) is 16.1. The maximum absolute atomic E-state index is 12.6. The zero-order chi connectivity index (χ0) is 17.6. The molecule has 25 heavy (non-hydrogen) atoms. The van der Waals surface area contributed by atoms with E-state index in [9.17, 15) is 4.79 Å². The summed E-state index contributed by atoms with van der Waals surface area (Å²) in [4.78, 5) is 22.6. The SMILES string of the molecule is CN=C(NCc1ccc(Cl)nc1)NCC1(C(=O)N(C)C)CCCC1.I. The maximum Gasteiger partial charge on any atom is 0.230 e. The lowest BCUT2D eigenvalue weighted by Gasteiger charge is -2.31. The fraction of sp³-hybridized carbons (Fsp3) is 0.588. The number of nitrogens with zero attached hydrogens (tertiary/aromatic N) is 3. The molecule has 0 aromatic carbocycles. The molecule has 8 heteroatoms. The third kappa shape index (κ3) is 5.99. The Labute approximate surface area is 171 Å². The topological polar surface area (TPSA) is 69.6 Å². The van der Waals surface area contributed by atoms with Crippen LogP contribution in [0.2, 0.25) is 5.15 Å². The lowest BCUT2D eigenvalue weighted by molar-refractivity contribution is -0.138. The third-order valence-corrected chi connectivity index (χ3v) is 4.71. The molecule has 0 atom stereocenters. The van der Waals surface area contributed by atoms with Crippen LogP contribution in [0.5, 0.6) is 0 Å². The number of rotatable bonds is 5. The van der Waals surface area contributed by atoms with Crippen LogP contribution in [0.1, 0.15) is 31.2 Å². The minimum atomic E-state index is -0.317. The number of nitrogens with one attached hydrogen (secondary N) is 2. The summed E-state index contributed by atoms with van der Waals surface area (Å²) >= 11 is 5.79. The van der Waals surface area contributed by atoms with Gasteiger partial charge in [0.2, 0.25) is 5.91 Å². The van der Waals surface area contributed by atoms with Crippen molar-refractivity contribution in [2.75, 3.05) is 27.7 Å². The van der Waals surface area contributed by atoms with Crippen molar-refractivity contribution < 1.29 is 4.79 Å². The van der Waals surface area contributed by atoms with Gasteiger partial charge in [-0.05, 0) is 24.5 Å². The van der Waals surface area contributed by atoms with Gasteiger partial charge < -0.3 is 15.5 Å². The number of pyridine rings is 1. The molecular weight excluding hydrogens is 453 g/mol. The first-order chi connectivity index (χ1) is 11.5. The first-order valence-electron chi connectivity index (χ1n) is 8.23. The molecule has 0 unspecified atom stereocenters. The van der Waals surface area contributed by atoms with E-state index in [1.165, 1.54) is 0 Å². The minimum Gasteiger partial charge on any atom is -0.355 e. The lowest BCUT2D eigenvalue weighted by atomic mass is 9.84. The molecule has 1 saturated carbocycles. The number of carbonyl (C=O) groups is 1. The van der Waals surface area contributed by atoms with Gasteiger partial charge in [-0.25, -0.2) is 4.98 Å². The summed E-state index contributed by atoms with van der Waals surface area (Å²) in [6, 6.07) is 3.68. The second kappa shape index (κ2) is 10.2. The monoisotopic (exact) mass is 479 g/mol. The highest BCUT2D eigenvalue weighted by atomic mass is 127. The molecule has 6 nitrogen and oxygen atoms in total. The van der Waals surface area contributed by atoms with Crippen LogP contribution in [0.25, 0.3) is 0 Å². The summed E-state index contributed by atoms with van der Waals surface area (Å²) in [5.41, 5.74) is 0.699. The van der Waals surface area contributed by atoms with Gasteiger partial charge in [0, 0.05) is 40.4 Å². The smallest absolute Gasteiger partial charge is 0.230 e. The predicted molar refractivity (Wildman–Crippen MR) is 112 cm³/mol. The van der Waals surface area contributed by atoms with Crippen molar-refractivity contribution in [2.24, 2.45) is 10.4 Å². The molecule has 0 saturated heterocycles. The van der Waals surface area contributed by atoms with E-state index in [0.717, 1.165) is 31.2 Å². The van der Waals surface area contributed by atoms with Crippen LogP contribution in [-0.4, -0.2) is 49.4 Å². The molecule has 1 aliphatic rings. The third-order valence-electron chi connectivity index (χ3n) is 4.49. The molecule has 0 bridgehead atoms. The van der Waals surface area contributed by atoms with Crippen molar-refractivity contribution in [2.45, 2.75) is 32.2 Å². The summed E-state index contributed by atoms with van der Waals surface area (Å²) in [6.45, 7) is 1.20. The Kier molecular flexibility index (Phi) is 8.92. The molecule has 140 valence electrons. The second-order valence-corrected chi connectivity index (χ2v) is 6.84. The Morgan fingerprint density at radius 3 is 2.52 bits per heavy atom. The molecule has 1 aromatic rings. The Hall–Kier alpha value is -1.09. The molecule has 0 aliphatic heterocycles. The Bertz CT molecular complexity index is 585. The average molecular weight is 480 g/mol. The zero-order valence-corrected chi connectivity index (χ0v) is 18.1. The number of aliphatic imine (C=N–C) groups is 1. The highest BCUT2D eigenvalue weighted by Gasteiger charge is 2.42. The number of guanidine groups is 1. The van der Waals surface area contributed by atoms with Crippen LogP contribution in [0, 0.1) is 5.41 Å². The van der Waals surface area contributed by atoms with Crippen molar-refractivity contribution in [3.63, 3.8) is 0 Å². The highest BCUT2D eigenvalue weighted by Crippen LogP contribution is 2.38. The summed E-state index contributed by atoms with van der Waals surface area (Å²) in [5, 5.41) is 7.04. The first-order valence-corrected chi connectivity index (χ1v) is 8.61. The largest absolute Gasteiger partial charge is 0.355 e. The van der Waals surface area contributed by atoms with E-state index in [2.05, 4.69) is 20.6 Å². The summed E-state index contributed by atoms with van der Waals surface area (Å²) in [6.07, 6.45) is 5.79. The Morgan fingerprint density at radius 1 is 1.32 bits per heavy atom. The zero-order valence-electron chi connectivity index (χ0n) is 15.0. The van der Waals surface area contributed by atoms with Gasteiger partial charge in [0.25, 0.3) is 0 Å². The van der Waals surface area contributed by atoms with Gasteiger partial charge in [0.15, 0.2) is 5.96 Å². The fourth-order valence-corrected chi connectivity index (χ4v) is 3.27. The van der Waals surface area contributed by atoms with Crippen molar-refractivity contribution >= 4 is 47.4 Å². The number of hydrogen-bond donors (Lipinski definition) is 2. The van der Waals surface area contributed by atoms with E-state index in [4.69, 9.17) is 11.6 Å². The molecular formula is C17H27ClIN5O. The van der Waals surface area contributed by atoms with Crippen molar-refractivity contribution in [3.05, 3.63) is 29.0 Å². The van der Waals surface area contributed by atoms with Gasteiger partial charge in [-0.2, -0.15) is 0 Å². The van der Waals surface area contributed by atoms with E-state index >= 15 is 0 Å². The predicted octanol–water partition coefficient (Wildman–Crippen LogP) is 2.67. The molecule has 1 aromatic heterocycles. The maximum atomic E-state index is 12.6. The highest BCUT2D eigenvalue weighted by molar-refractivity contribution is 14.0. The quantitative estimate of drug-likeness (QED) is 0.295. The summed E-state index contributed by atoms with van der Waals surface area (Å²) in [5.74, 6) is 0.882. The van der Waals surface area contributed by atoms with Gasteiger partial charge >= 0.3 is 0 Å². The summed E-state index contributed by atoms with van der Waals surface area (Å²) < 4.78 is 0. The number of carbonyl (C=O) groups excluding carboxylic acids is 1. The van der Waals surface area contributed by atoms with E-state index in [-0.39, 0.29) is 35.3 Å². The van der Waals surface area contributed by atoms with E-state index in [1.54, 1.807) is 24.2 Å². The molecule has 2 N–H and O–H groups in total. The number of amides is 1. The molecule has 1 aliphatic carbocycles. The van der Waals surface area contributed by atoms with Crippen LogP contribution in [-0.2, 0) is 11.3 Å². The van der Waals surface area contributed by atoms with E-state index in [1.807, 2.05) is 20.2 Å². The number of halogens is 2. The van der Waals surface area contributed by atoms with Crippen molar-refractivity contribution in [1.82, 2.24) is 20.5 Å². The molecule has 1 fully saturated rings. The Morgan fingerprint density at radius 2 is 2.00 bits per heavy atom. The fourth-order valence-electron chi connectivity index (χ4n) is 3.16. The Balaban J connectivity index is 0.00000312. The van der Waals surface area contributed by atoms with Crippen LogP contribution in [0.15, 0.2) is 23.3 Å². The average Bonchev–Trinajstić information content (AvgIpc) is 3.06. The van der Waals surface area contributed by atoms with Gasteiger partial charge in [0.05, 0.1) is 5.41 Å². The van der Waals surface area contributed by atoms with Crippen LogP contribution in [0.3, 0.4) is 0 Å².